The Balaban J connectivity index is 3.58. The Bertz CT molecular complexity index is 219. The molecule has 0 saturated carbocycles. The third-order valence-electron chi connectivity index (χ3n) is 3.62. The van der Waals surface area contributed by atoms with Gasteiger partial charge in [-0.15, -0.1) is 0 Å². The Morgan fingerprint density at radius 1 is 0.900 bits per heavy atom. The fourth-order valence-electron chi connectivity index (χ4n) is 2.38. The molecule has 1 atom stereocenters. The molecule has 120 valence electrons. The second kappa shape index (κ2) is 14.8. The molecular weight excluding hydrogens is 250 g/mol. The molecule has 0 aromatic heterocycles. The predicted octanol–water partition coefficient (Wildman–Crippen LogP) is 4.58. The summed E-state index contributed by atoms with van der Waals surface area (Å²) in [6.45, 7) is 5.12. The Labute approximate surface area is 125 Å². The van der Waals surface area contributed by atoms with Crippen LogP contribution in [0.1, 0.15) is 90.9 Å². The first-order valence-electron chi connectivity index (χ1n) is 8.64. The summed E-state index contributed by atoms with van der Waals surface area (Å²) in [6.07, 6.45) is 13.1. The van der Waals surface area contributed by atoms with E-state index in [4.69, 9.17) is 10.5 Å². The lowest BCUT2D eigenvalue weighted by Crippen LogP contribution is -2.18. The van der Waals surface area contributed by atoms with Crippen molar-refractivity contribution >= 4 is 5.97 Å². The molecular formula is C17H35NO2. The van der Waals surface area contributed by atoms with Crippen molar-refractivity contribution in [3.05, 3.63) is 0 Å². The summed E-state index contributed by atoms with van der Waals surface area (Å²) in [5, 5.41) is 0. The Kier molecular flexibility index (Phi) is 14.4. The molecule has 2 N–H and O–H groups in total. The van der Waals surface area contributed by atoms with Gasteiger partial charge in [0, 0.05) is 6.42 Å². The average Bonchev–Trinajstić information content (AvgIpc) is 2.44. The zero-order chi connectivity index (χ0) is 15.1. The van der Waals surface area contributed by atoms with Crippen LogP contribution in [0, 0.1) is 0 Å². The van der Waals surface area contributed by atoms with E-state index in [0.29, 0.717) is 6.42 Å². The largest absolute Gasteiger partial charge is 0.462 e. The summed E-state index contributed by atoms with van der Waals surface area (Å²) in [6, 6.07) is 0. The van der Waals surface area contributed by atoms with E-state index in [0.717, 1.165) is 51.5 Å². The number of carbonyl (C=O) groups is 1. The molecule has 3 heteroatoms. The van der Waals surface area contributed by atoms with E-state index in [9.17, 15) is 4.79 Å². The number of rotatable bonds is 14. The third-order valence-corrected chi connectivity index (χ3v) is 3.62. The van der Waals surface area contributed by atoms with Crippen LogP contribution in [0.2, 0.25) is 0 Å². The van der Waals surface area contributed by atoms with Gasteiger partial charge >= 0.3 is 5.97 Å². The van der Waals surface area contributed by atoms with Gasteiger partial charge in [0.05, 0.1) is 0 Å². The van der Waals surface area contributed by atoms with Crippen molar-refractivity contribution in [1.82, 2.24) is 0 Å². The zero-order valence-electron chi connectivity index (χ0n) is 13.7. The maximum atomic E-state index is 11.8. The van der Waals surface area contributed by atoms with Crippen molar-refractivity contribution in [3.63, 3.8) is 0 Å². The minimum atomic E-state index is 0.00140. The summed E-state index contributed by atoms with van der Waals surface area (Å²) in [5.74, 6) is 0.00140. The second-order valence-electron chi connectivity index (χ2n) is 5.70. The lowest BCUT2D eigenvalue weighted by Gasteiger charge is -2.17. The summed E-state index contributed by atoms with van der Waals surface area (Å²) in [4.78, 5) is 11.8. The van der Waals surface area contributed by atoms with E-state index in [2.05, 4.69) is 13.8 Å². The average molecular weight is 285 g/mol. The Morgan fingerprint density at radius 3 is 2.15 bits per heavy atom. The molecule has 0 aliphatic rings. The van der Waals surface area contributed by atoms with Crippen LogP contribution in [0.3, 0.4) is 0 Å². The zero-order valence-corrected chi connectivity index (χ0v) is 13.7. The molecule has 0 fully saturated rings. The minimum Gasteiger partial charge on any atom is -0.462 e. The van der Waals surface area contributed by atoms with Gasteiger partial charge in [0.25, 0.3) is 0 Å². The lowest BCUT2D eigenvalue weighted by atomic mass is 10.1. The fraction of sp³-hybridized carbons (Fsp3) is 0.941. The van der Waals surface area contributed by atoms with Crippen LogP contribution in [0.15, 0.2) is 0 Å². The molecule has 0 aliphatic carbocycles. The van der Waals surface area contributed by atoms with Gasteiger partial charge in [0.15, 0.2) is 0 Å². The van der Waals surface area contributed by atoms with Crippen LogP contribution in [0.25, 0.3) is 0 Å². The number of carbonyl (C=O) groups excluding carboxylic acids is 1. The number of nitrogens with two attached hydrogens (primary N) is 1. The minimum absolute atomic E-state index is 0.00140. The fourth-order valence-corrected chi connectivity index (χ4v) is 2.38. The summed E-state index contributed by atoms with van der Waals surface area (Å²) < 4.78 is 5.58. The highest BCUT2D eigenvalue weighted by Gasteiger charge is 2.12. The smallest absolute Gasteiger partial charge is 0.306 e. The quantitative estimate of drug-likeness (QED) is 0.375. The van der Waals surface area contributed by atoms with Crippen molar-refractivity contribution in [3.8, 4) is 0 Å². The van der Waals surface area contributed by atoms with Gasteiger partial charge in [0.1, 0.15) is 6.10 Å². The van der Waals surface area contributed by atoms with Crippen molar-refractivity contribution in [1.29, 1.82) is 0 Å². The Morgan fingerprint density at radius 2 is 1.55 bits per heavy atom. The third kappa shape index (κ3) is 12.5. The van der Waals surface area contributed by atoms with E-state index in [-0.39, 0.29) is 12.1 Å². The molecule has 1 unspecified atom stereocenters. The second-order valence-corrected chi connectivity index (χ2v) is 5.70. The molecule has 20 heavy (non-hydrogen) atoms. The summed E-state index contributed by atoms with van der Waals surface area (Å²) >= 11 is 0. The van der Waals surface area contributed by atoms with Crippen LogP contribution in [0.4, 0.5) is 0 Å². The van der Waals surface area contributed by atoms with E-state index in [1.165, 1.54) is 25.7 Å². The van der Waals surface area contributed by atoms with Crippen molar-refractivity contribution < 1.29 is 9.53 Å². The number of hydrogen-bond donors (Lipinski definition) is 1. The van der Waals surface area contributed by atoms with Crippen LogP contribution in [-0.2, 0) is 9.53 Å². The number of unbranched alkanes of at least 4 members (excludes halogenated alkanes) is 6. The van der Waals surface area contributed by atoms with E-state index < -0.39 is 0 Å². The standard InChI is InChI=1S/C17H35NO2/c1-3-5-13-16(12-4-2)20-17(19)14-10-8-6-7-9-11-15-18/h16H,3-15,18H2,1-2H3. The SMILES string of the molecule is CCCCC(CCC)OC(=O)CCCCCCCCN. The van der Waals surface area contributed by atoms with Crippen LogP contribution in [-0.4, -0.2) is 18.6 Å². The van der Waals surface area contributed by atoms with Gasteiger partial charge in [-0.3, -0.25) is 4.79 Å². The first kappa shape index (κ1) is 19.4. The van der Waals surface area contributed by atoms with Gasteiger partial charge < -0.3 is 10.5 Å². The molecule has 0 amide bonds. The van der Waals surface area contributed by atoms with Crippen LogP contribution >= 0.6 is 0 Å². The van der Waals surface area contributed by atoms with Gasteiger partial charge in [-0.05, 0) is 32.2 Å². The summed E-state index contributed by atoms with van der Waals surface area (Å²) in [7, 11) is 0. The Hall–Kier alpha value is -0.570. The molecule has 0 aromatic rings. The molecule has 0 radical (unpaired) electrons. The monoisotopic (exact) mass is 285 g/mol. The topological polar surface area (TPSA) is 52.3 Å². The lowest BCUT2D eigenvalue weighted by molar-refractivity contribution is -0.150. The molecule has 0 aromatic carbocycles. The molecule has 0 aliphatic heterocycles. The van der Waals surface area contributed by atoms with E-state index in [1.807, 2.05) is 0 Å². The summed E-state index contributed by atoms with van der Waals surface area (Å²) in [5.41, 5.74) is 5.45. The first-order valence-corrected chi connectivity index (χ1v) is 8.64. The predicted molar refractivity (Wildman–Crippen MR) is 85.7 cm³/mol. The van der Waals surface area contributed by atoms with Crippen LogP contribution < -0.4 is 5.73 Å². The first-order chi connectivity index (χ1) is 9.74. The van der Waals surface area contributed by atoms with E-state index >= 15 is 0 Å². The number of ether oxygens (including phenoxy) is 1. The van der Waals surface area contributed by atoms with Crippen LogP contribution in [0.5, 0.6) is 0 Å². The highest BCUT2D eigenvalue weighted by atomic mass is 16.5. The normalized spacial score (nSPS) is 12.3. The molecule has 0 heterocycles. The maximum Gasteiger partial charge on any atom is 0.306 e. The van der Waals surface area contributed by atoms with Gasteiger partial charge in [0.2, 0.25) is 0 Å². The van der Waals surface area contributed by atoms with Crippen molar-refractivity contribution in [2.75, 3.05) is 6.54 Å². The van der Waals surface area contributed by atoms with Gasteiger partial charge in [-0.1, -0.05) is 58.8 Å². The van der Waals surface area contributed by atoms with Crippen molar-refractivity contribution in [2.24, 2.45) is 5.73 Å². The molecule has 0 saturated heterocycles. The molecule has 0 bridgehead atoms. The number of hydrogen-bond acceptors (Lipinski definition) is 3. The molecule has 0 spiro atoms. The van der Waals surface area contributed by atoms with Crippen molar-refractivity contribution in [2.45, 2.75) is 97.0 Å². The highest BCUT2D eigenvalue weighted by molar-refractivity contribution is 5.69. The van der Waals surface area contributed by atoms with E-state index in [1.54, 1.807) is 0 Å². The molecule has 3 nitrogen and oxygen atoms in total. The highest BCUT2D eigenvalue weighted by Crippen LogP contribution is 2.13. The maximum absolute atomic E-state index is 11.8. The number of esters is 1. The van der Waals surface area contributed by atoms with Gasteiger partial charge in [-0.25, -0.2) is 0 Å². The van der Waals surface area contributed by atoms with Gasteiger partial charge in [-0.2, -0.15) is 0 Å². The molecule has 0 rings (SSSR count).